The maximum atomic E-state index is 11.2. The Bertz CT molecular complexity index is 598. The predicted molar refractivity (Wildman–Crippen MR) is 87.1 cm³/mol. The topological polar surface area (TPSA) is 69.4 Å². The van der Waals surface area contributed by atoms with Crippen LogP contribution in [0.5, 0.6) is 5.75 Å². The molecule has 5 heteroatoms. The normalized spacial score (nSPS) is 13.3. The Morgan fingerprint density at radius 3 is 2.14 bits per heavy atom. The standard InChI is InChI=1S/C16H27NO3S/c1-12-9-13(15(2,3)4)7-8-14(12)20-10-16(5,6)11-21(17,18)19/h7-9H,10-11H2,1-6H3,(H2,17,18,19). The van der Waals surface area contributed by atoms with Crippen molar-refractivity contribution in [1.82, 2.24) is 0 Å². The molecule has 0 unspecified atom stereocenters. The molecular weight excluding hydrogens is 286 g/mol. The van der Waals surface area contributed by atoms with Gasteiger partial charge in [-0.3, -0.25) is 0 Å². The Labute approximate surface area is 128 Å². The van der Waals surface area contributed by atoms with Crippen LogP contribution in [0.1, 0.15) is 45.7 Å². The van der Waals surface area contributed by atoms with Gasteiger partial charge in [-0.15, -0.1) is 0 Å². The number of benzene rings is 1. The van der Waals surface area contributed by atoms with E-state index in [4.69, 9.17) is 9.88 Å². The van der Waals surface area contributed by atoms with Gasteiger partial charge in [0.2, 0.25) is 10.0 Å². The zero-order valence-corrected chi connectivity index (χ0v) is 14.7. The lowest BCUT2D eigenvalue weighted by molar-refractivity contribution is 0.198. The summed E-state index contributed by atoms with van der Waals surface area (Å²) in [6, 6.07) is 6.11. The average Bonchev–Trinajstić information content (AvgIpc) is 2.22. The third-order valence-corrected chi connectivity index (χ3v) is 4.44. The second-order valence-corrected chi connectivity index (χ2v) is 9.10. The van der Waals surface area contributed by atoms with Crippen molar-refractivity contribution in [2.75, 3.05) is 12.4 Å². The molecule has 4 nitrogen and oxygen atoms in total. The molecule has 2 N–H and O–H groups in total. The Balaban J connectivity index is 2.81. The molecule has 0 atom stereocenters. The summed E-state index contributed by atoms with van der Waals surface area (Å²) >= 11 is 0. The quantitative estimate of drug-likeness (QED) is 0.908. The van der Waals surface area contributed by atoms with Crippen LogP contribution in [0.4, 0.5) is 0 Å². The van der Waals surface area contributed by atoms with Crippen molar-refractivity contribution in [3.05, 3.63) is 29.3 Å². The fourth-order valence-corrected chi connectivity index (χ4v) is 3.31. The van der Waals surface area contributed by atoms with Crippen molar-refractivity contribution in [3.8, 4) is 5.75 Å². The van der Waals surface area contributed by atoms with Crippen molar-refractivity contribution in [2.24, 2.45) is 10.6 Å². The first-order valence-electron chi connectivity index (χ1n) is 7.05. The van der Waals surface area contributed by atoms with Gasteiger partial charge in [-0.1, -0.05) is 46.8 Å². The van der Waals surface area contributed by atoms with E-state index in [1.54, 1.807) is 0 Å². The first-order chi connectivity index (χ1) is 9.30. The lowest BCUT2D eigenvalue weighted by Crippen LogP contribution is -2.33. The van der Waals surface area contributed by atoms with Crippen LogP contribution < -0.4 is 9.88 Å². The third kappa shape index (κ3) is 6.06. The SMILES string of the molecule is Cc1cc(C(C)(C)C)ccc1OCC(C)(C)CS(N)(=O)=O. The first kappa shape index (κ1) is 18.0. The van der Waals surface area contributed by atoms with E-state index in [1.165, 1.54) is 5.56 Å². The maximum absolute atomic E-state index is 11.2. The van der Waals surface area contributed by atoms with Gasteiger partial charge in [0.1, 0.15) is 5.75 Å². The molecule has 0 bridgehead atoms. The number of primary sulfonamides is 1. The number of sulfonamides is 1. The summed E-state index contributed by atoms with van der Waals surface area (Å²) in [6.45, 7) is 12.5. The van der Waals surface area contributed by atoms with E-state index in [2.05, 4.69) is 32.9 Å². The average molecular weight is 313 g/mol. The summed E-state index contributed by atoms with van der Waals surface area (Å²) < 4.78 is 28.2. The van der Waals surface area contributed by atoms with Crippen LogP contribution in [0.2, 0.25) is 0 Å². The molecule has 1 rings (SSSR count). The lowest BCUT2D eigenvalue weighted by Gasteiger charge is -2.25. The summed E-state index contributed by atoms with van der Waals surface area (Å²) in [5, 5.41) is 5.10. The minimum atomic E-state index is -3.50. The van der Waals surface area contributed by atoms with Crippen LogP contribution in [0.25, 0.3) is 0 Å². The van der Waals surface area contributed by atoms with Gasteiger partial charge in [0, 0.05) is 5.41 Å². The molecule has 120 valence electrons. The predicted octanol–water partition coefficient (Wildman–Crippen LogP) is 2.99. The van der Waals surface area contributed by atoms with Crippen molar-refractivity contribution < 1.29 is 13.2 Å². The Morgan fingerprint density at radius 1 is 1.14 bits per heavy atom. The molecule has 0 spiro atoms. The largest absolute Gasteiger partial charge is 0.493 e. The molecule has 1 aromatic rings. The van der Waals surface area contributed by atoms with Crippen molar-refractivity contribution in [1.29, 1.82) is 0 Å². The van der Waals surface area contributed by atoms with E-state index in [0.29, 0.717) is 6.61 Å². The molecule has 0 aliphatic carbocycles. The van der Waals surface area contributed by atoms with Crippen LogP contribution in [0.3, 0.4) is 0 Å². The van der Waals surface area contributed by atoms with Crippen LogP contribution in [-0.4, -0.2) is 20.8 Å². The Kier molecular flexibility index (Phi) is 5.11. The molecule has 21 heavy (non-hydrogen) atoms. The second kappa shape index (κ2) is 5.97. The summed E-state index contributed by atoms with van der Waals surface area (Å²) in [7, 11) is -3.50. The zero-order chi connectivity index (χ0) is 16.5. The minimum absolute atomic E-state index is 0.0934. The molecule has 0 aliphatic heterocycles. The zero-order valence-electron chi connectivity index (χ0n) is 13.9. The van der Waals surface area contributed by atoms with Crippen molar-refractivity contribution in [2.45, 2.75) is 47.0 Å². The molecule has 0 fully saturated rings. The molecule has 0 amide bonds. The lowest BCUT2D eigenvalue weighted by atomic mass is 9.86. The van der Waals surface area contributed by atoms with E-state index in [1.807, 2.05) is 26.8 Å². The minimum Gasteiger partial charge on any atom is -0.493 e. The van der Waals surface area contributed by atoms with Gasteiger partial charge < -0.3 is 4.74 Å². The van der Waals surface area contributed by atoms with Gasteiger partial charge in [0.15, 0.2) is 0 Å². The molecule has 0 saturated carbocycles. The van der Waals surface area contributed by atoms with Gasteiger partial charge >= 0.3 is 0 Å². The van der Waals surface area contributed by atoms with Gasteiger partial charge in [0.05, 0.1) is 12.4 Å². The Hall–Kier alpha value is -1.07. The fraction of sp³-hybridized carbons (Fsp3) is 0.625. The number of hydrogen-bond acceptors (Lipinski definition) is 3. The molecule has 0 saturated heterocycles. The molecule has 0 aromatic heterocycles. The molecular formula is C16H27NO3S. The summed E-state index contributed by atoms with van der Waals surface area (Å²) in [5.74, 6) is 0.685. The van der Waals surface area contributed by atoms with E-state index >= 15 is 0 Å². The van der Waals surface area contributed by atoms with Gasteiger partial charge in [0.25, 0.3) is 0 Å². The number of aryl methyl sites for hydroxylation is 1. The number of ether oxygens (including phenoxy) is 1. The molecule has 0 heterocycles. The van der Waals surface area contributed by atoms with Crippen molar-refractivity contribution >= 4 is 10.0 Å². The highest BCUT2D eigenvalue weighted by Crippen LogP contribution is 2.28. The molecule has 1 aromatic carbocycles. The molecule has 0 radical (unpaired) electrons. The summed E-state index contributed by atoms with van der Waals surface area (Å²) in [5.41, 5.74) is 1.86. The van der Waals surface area contributed by atoms with E-state index in [9.17, 15) is 8.42 Å². The molecule has 0 aliphatic rings. The smallest absolute Gasteiger partial charge is 0.209 e. The van der Waals surface area contributed by atoms with Crippen LogP contribution >= 0.6 is 0 Å². The van der Waals surface area contributed by atoms with E-state index < -0.39 is 15.4 Å². The maximum Gasteiger partial charge on any atom is 0.209 e. The number of nitrogens with two attached hydrogens (primary N) is 1. The van der Waals surface area contributed by atoms with Crippen molar-refractivity contribution in [3.63, 3.8) is 0 Å². The highest BCUT2D eigenvalue weighted by Gasteiger charge is 2.25. The van der Waals surface area contributed by atoms with Gasteiger partial charge in [-0.25, -0.2) is 13.6 Å². The summed E-state index contributed by atoms with van der Waals surface area (Å²) in [4.78, 5) is 0. The van der Waals surface area contributed by atoms with E-state index in [-0.39, 0.29) is 11.2 Å². The fourth-order valence-electron chi connectivity index (χ4n) is 2.14. The second-order valence-electron chi connectivity index (χ2n) is 7.49. The van der Waals surface area contributed by atoms with E-state index in [0.717, 1.165) is 11.3 Å². The number of hydrogen-bond donors (Lipinski definition) is 1. The van der Waals surface area contributed by atoms with Gasteiger partial charge in [-0.2, -0.15) is 0 Å². The highest BCUT2D eigenvalue weighted by molar-refractivity contribution is 7.89. The highest BCUT2D eigenvalue weighted by atomic mass is 32.2. The summed E-state index contributed by atoms with van der Waals surface area (Å²) in [6.07, 6.45) is 0. The number of rotatable bonds is 5. The van der Waals surface area contributed by atoms with Crippen LogP contribution in [0, 0.1) is 12.3 Å². The van der Waals surface area contributed by atoms with Gasteiger partial charge in [-0.05, 0) is 29.5 Å². The van der Waals surface area contributed by atoms with Crippen LogP contribution in [-0.2, 0) is 15.4 Å². The monoisotopic (exact) mass is 313 g/mol. The van der Waals surface area contributed by atoms with Crippen LogP contribution in [0.15, 0.2) is 18.2 Å². The Morgan fingerprint density at radius 2 is 1.71 bits per heavy atom. The third-order valence-electron chi connectivity index (χ3n) is 3.25. The first-order valence-corrected chi connectivity index (χ1v) is 8.76.